The summed E-state index contributed by atoms with van der Waals surface area (Å²) in [6.45, 7) is 3.46. The minimum absolute atomic E-state index is 0.290. The standard InChI is InChI=1S/C24H26O8/c1-17(25)31-23(27)19-7-11-21(12-8-19)29-15-5-3-4-6-16-30-22-13-9-20(10-14-22)24(28)32-18(2)26/h7-14H,3-6,15-16H2,1-2H3. The second-order valence-corrected chi connectivity index (χ2v) is 6.92. The average molecular weight is 442 g/mol. The lowest BCUT2D eigenvalue weighted by Gasteiger charge is -2.08. The highest BCUT2D eigenvalue weighted by Gasteiger charge is 2.10. The maximum Gasteiger partial charge on any atom is 0.345 e. The van der Waals surface area contributed by atoms with Crippen LogP contribution in [0.15, 0.2) is 48.5 Å². The van der Waals surface area contributed by atoms with E-state index in [0.717, 1.165) is 25.7 Å². The third kappa shape index (κ3) is 8.99. The summed E-state index contributed by atoms with van der Waals surface area (Å²) in [6.07, 6.45) is 3.70. The van der Waals surface area contributed by atoms with Gasteiger partial charge in [0, 0.05) is 13.8 Å². The molecule has 2 aromatic rings. The summed E-state index contributed by atoms with van der Waals surface area (Å²) in [4.78, 5) is 44.8. The fourth-order valence-corrected chi connectivity index (χ4v) is 2.69. The van der Waals surface area contributed by atoms with Crippen molar-refractivity contribution in [1.82, 2.24) is 0 Å². The van der Waals surface area contributed by atoms with Crippen LogP contribution >= 0.6 is 0 Å². The molecule has 0 N–H and O–H groups in total. The van der Waals surface area contributed by atoms with E-state index in [2.05, 4.69) is 9.47 Å². The van der Waals surface area contributed by atoms with Gasteiger partial charge in [-0.25, -0.2) is 9.59 Å². The Morgan fingerprint density at radius 3 is 1.22 bits per heavy atom. The summed E-state index contributed by atoms with van der Waals surface area (Å²) in [5.41, 5.74) is 0.580. The number of carbonyl (C=O) groups excluding carboxylic acids is 4. The van der Waals surface area contributed by atoms with Crippen molar-refractivity contribution in [1.29, 1.82) is 0 Å². The number of ether oxygens (including phenoxy) is 4. The van der Waals surface area contributed by atoms with Gasteiger partial charge in [-0.1, -0.05) is 0 Å². The van der Waals surface area contributed by atoms with Gasteiger partial charge in [0.25, 0.3) is 0 Å². The zero-order chi connectivity index (χ0) is 23.3. The molecule has 8 nitrogen and oxygen atoms in total. The van der Waals surface area contributed by atoms with Crippen LogP contribution in [0.25, 0.3) is 0 Å². The van der Waals surface area contributed by atoms with Crippen LogP contribution in [0, 0.1) is 0 Å². The van der Waals surface area contributed by atoms with Gasteiger partial charge >= 0.3 is 23.9 Å². The van der Waals surface area contributed by atoms with Gasteiger partial charge in [-0.2, -0.15) is 0 Å². The van der Waals surface area contributed by atoms with Gasteiger partial charge in [0.05, 0.1) is 24.3 Å². The van der Waals surface area contributed by atoms with E-state index in [9.17, 15) is 19.2 Å². The highest BCUT2D eigenvalue weighted by atomic mass is 16.6. The Morgan fingerprint density at radius 2 is 0.906 bits per heavy atom. The van der Waals surface area contributed by atoms with E-state index in [1.165, 1.54) is 13.8 Å². The number of carbonyl (C=O) groups is 4. The van der Waals surface area contributed by atoms with Crippen molar-refractivity contribution in [2.75, 3.05) is 13.2 Å². The van der Waals surface area contributed by atoms with Crippen LogP contribution < -0.4 is 9.47 Å². The van der Waals surface area contributed by atoms with Crippen LogP contribution in [0.1, 0.15) is 60.2 Å². The Bertz CT molecular complexity index is 839. The summed E-state index contributed by atoms with van der Waals surface area (Å²) in [6, 6.07) is 12.9. The van der Waals surface area contributed by atoms with Crippen molar-refractivity contribution < 1.29 is 38.1 Å². The van der Waals surface area contributed by atoms with Crippen LogP contribution in [0.4, 0.5) is 0 Å². The molecule has 0 spiro atoms. The summed E-state index contributed by atoms with van der Waals surface area (Å²) >= 11 is 0. The maximum atomic E-state index is 11.6. The molecule has 0 aliphatic carbocycles. The SMILES string of the molecule is CC(=O)OC(=O)c1ccc(OCCCCCCOc2ccc(C(=O)OC(C)=O)cc2)cc1. The first-order chi connectivity index (χ1) is 15.3. The third-order valence-electron chi connectivity index (χ3n) is 4.23. The molecule has 0 aromatic heterocycles. The first kappa shape index (κ1) is 24.6. The number of hydrogen-bond donors (Lipinski definition) is 0. The van der Waals surface area contributed by atoms with Gasteiger partial charge in [0.1, 0.15) is 11.5 Å². The Labute approximate surface area is 186 Å². The quantitative estimate of drug-likeness (QED) is 0.291. The van der Waals surface area contributed by atoms with E-state index in [0.29, 0.717) is 24.7 Å². The molecule has 0 fully saturated rings. The molecule has 0 aliphatic heterocycles. The lowest BCUT2D eigenvalue weighted by molar-refractivity contribution is -0.136. The topological polar surface area (TPSA) is 105 Å². The summed E-state index contributed by atoms with van der Waals surface area (Å²) in [5, 5.41) is 0. The van der Waals surface area contributed by atoms with Crippen LogP contribution in [0.2, 0.25) is 0 Å². The largest absolute Gasteiger partial charge is 0.494 e. The lowest BCUT2D eigenvalue weighted by Crippen LogP contribution is -2.09. The predicted octanol–water partition coefficient (Wildman–Crippen LogP) is 4.11. The Morgan fingerprint density at radius 1 is 0.562 bits per heavy atom. The third-order valence-corrected chi connectivity index (χ3v) is 4.23. The first-order valence-corrected chi connectivity index (χ1v) is 10.3. The molecule has 0 bridgehead atoms. The normalized spacial score (nSPS) is 10.2. The van der Waals surface area contributed by atoms with E-state index < -0.39 is 23.9 Å². The molecule has 0 amide bonds. The molecule has 0 heterocycles. The average Bonchev–Trinajstić information content (AvgIpc) is 2.75. The molecule has 170 valence electrons. The predicted molar refractivity (Wildman–Crippen MR) is 115 cm³/mol. The summed E-state index contributed by atoms with van der Waals surface area (Å²) in [7, 11) is 0. The second-order valence-electron chi connectivity index (χ2n) is 6.92. The molecule has 0 unspecified atom stereocenters. The molecular weight excluding hydrogens is 416 g/mol. The highest BCUT2D eigenvalue weighted by Crippen LogP contribution is 2.15. The van der Waals surface area contributed by atoms with Crippen molar-refractivity contribution in [2.45, 2.75) is 39.5 Å². The van der Waals surface area contributed by atoms with E-state index in [1.807, 2.05) is 0 Å². The van der Waals surface area contributed by atoms with Crippen LogP contribution in [0.3, 0.4) is 0 Å². The molecule has 0 radical (unpaired) electrons. The van der Waals surface area contributed by atoms with Crippen LogP contribution in [-0.4, -0.2) is 37.1 Å². The number of esters is 4. The van der Waals surface area contributed by atoms with Gasteiger partial charge in [-0.15, -0.1) is 0 Å². The van der Waals surface area contributed by atoms with E-state index in [1.54, 1.807) is 48.5 Å². The Balaban J connectivity index is 1.56. The summed E-state index contributed by atoms with van der Waals surface area (Å²) < 4.78 is 20.3. The van der Waals surface area contributed by atoms with E-state index >= 15 is 0 Å². The molecule has 8 heteroatoms. The zero-order valence-corrected chi connectivity index (χ0v) is 18.1. The Hall–Kier alpha value is -3.68. The van der Waals surface area contributed by atoms with Gasteiger partial charge in [0.15, 0.2) is 0 Å². The minimum Gasteiger partial charge on any atom is -0.494 e. The minimum atomic E-state index is -0.683. The molecule has 0 aliphatic rings. The van der Waals surface area contributed by atoms with Crippen molar-refractivity contribution in [3.05, 3.63) is 59.7 Å². The van der Waals surface area contributed by atoms with Gasteiger partial charge in [-0.05, 0) is 74.2 Å². The van der Waals surface area contributed by atoms with E-state index in [-0.39, 0.29) is 11.1 Å². The highest BCUT2D eigenvalue weighted by molar-refractivity contribution is 5.96. The van der Waals surface area contributed by atoms with E-state index in [4.69, 9.17) is 9.47 Å². The lowest BCUT2D eigenvalue weighted by atomic mass is 10.2. The monoisotopic (exact) mass is 442 g/mol. The van der Waals surface area contributed by atoms with Crippen molar-refractivity contribution in [2.24, 2.45) is 0 Å². The van der Waals surface area contributed by atoms with Crippen LogP contribution in [0.5, 0.6) is 11.5 Å². The molecule has 2 aromatic carbocycles. The molecule has 0 atom stereocenters. The molecule has 0 saturated heterocycles. The number of unbranched alkanes of at least 4 members (excludes halogenated alkanes) is 3. The zero-order valence-electron chi connectivity index (χ0n) is 18.1. The molecule has 32 heavy (non-hydrogen) atoms. The molecular formula is C24H26O8. The molecule has 2 rings (SSSR count). The number of hydrogen-bond acceptors (Lipinski definition) is 8. The van der Waals surface area contributed by atoms with Crippen molar-refractivity contribution in [3.63, 3.8) is 0 Å². The van der Waals surface area contributed by atoms with Crippen molar-refractivity contribution in [3.8, 4) is 11.5 Å². The fourth-order valence-electron chi connectivity index (χ4n) is 2.69. The number of rotatable bonds is 11. The van der Waals surface area contributed by atoms with Gasteiger partial charge in [-0.3, -0.25) is 9.59 Å². The van der Waals surface area contributed by atoms with Crippen LogP contribution in [-0.2, 0) is 19.1 Å². The second kappa shape index (κ2) is 12.9. The Kier molecular flexibility index (Phi) is 9.90. The molecule has 0 saturated carbocycles. The first-order valence-electron chi connectivity index (χ1n) is 10.3. The smallest absolute Gasteiger partial charge is 0.345 e. The van der Waals surface area contributed by atoms with Gasteiger partial charge < -0.3 is 18.9 Å². The summed E-state index contributed by atoms with van der Waals surface area (Å²) in [5.74, 6) is -1.38. The maximum absolute atomic E-state index is 11.6. The number of benzene rings is 2. The van der Waals surface area contributed by atoms with Crippen molar-refractivity contribution >= 4 is 23.9 Å². The van der Waals surface area contributed by atoms with Gasteiger partial charge in [0.2, 0.25) is 0 Å². The fraction of sp³-hybridized carbons (Fsp3) is 0.333.